The number of aliphatic hydroxyl groups is 1. The summed E-state index contributed by atoms with van der Waals surface area (Å²) in [5.74, 6) is -0.250. The van der Waals surface area contributed by atoms with E-state index in [-0.39, 0.29) is 5.82 Å². The lowest BCUT2D eigenvalue weighted by Gasteiger charge is -2.15. The highest BCUT2D eigenvalue weighted by molar-refractivity contribution is 7.12. The van der Waals surface area contributed by atoms with E-state index in [9.17, 15) is 9.50 Å². The molecular formula is C15H17FOS. The fraction of sp³-hybridized carbons (Fsp3) is 0.333. The summed E-state index contributed by atoms with van der Waals surface area (Å²) in [6.45, 7) is 7.75. The molecule has 0 fully saturated rings. The van der Waals surface area contributed by atoms with Crippen LogP contribution in [0.15, 0.2) is 18.2 Å². The first kappa shape index (κ1) is 13.2. The van der Waals surface area contributed by atoms with Crippen molar-refractivity contribution in [2.24, 2.45) is 0 Å². The number of rotatable bonds is 2. The molecule has 0 saturated carbocycles. The maximum absolute atomic E-state index is 13.3. The Balaban J connectivity index is 2.49. The Kier molecular flexibility index (Phi) is 3.55. The van der Waals surface area contributed by atoms with Gasteiger partial charge in [0.15, 0.2) is 0 Å². The Labute approximate surface area is 111 Å². The Hall–Kier alpha value is -1.19. The van der Waals surface area contributed by atoms with Crippen molar-refractivity contribution < 1.29 is 9.50 Å². The fourth-order valence-electron chi connectivity index (χ4n) is 2.23. The molecule has 1 aromatic heterocycles. The van der Waals surface area contributed by atoms with Gasteiger partial charge in [0, 0.05) is 9.75 Å². The first-order valence-electron chi connectivity index (χ1n) is 5.91. The maximum atomic E-state index is 13.3. The number of hydrogen-bond acceptors (Lipinski definition) is 2. The lowest BCUT2D eigenvalue weighted by Crippen LogP contribution is -2.03. The molecule has 0 saturated heterocycles. The smallest absolute Gasteiger partial charge is 0.123 e. The summed E-state index contributed by atoms with van der Waals surface area (Å²) in [5.41, 5.74) is 3.59. The van der Waals surface area contributed by atoms with E-state index in [1.165, 1.54) is 22.6 Å². The normalized spacial score (nSPS) is 12.8. The summed E-state index contributed by atoms with van der Waals surface area (Å²) >= 11 is 1.60. The average Bonchev–Trinajstić information content (AvgIpc) is 2.57. The summed E-state index contributed by atoms with van der Waals surface area (Å²) in [4.78, 5) is 2.13. The van der Waals surface area contributed by atoms with Crippen LogP contribution in [0.1, 0.15) is 38.1 Å². The predicted octanol–water partition coefficient (Wildman–Crippen LogP) is 4.20. The molecule has 0 amide bonds. The number of hydrogen-bond donors (Lipinski definition) is 1. The van der Waals surface area contributed by atoms with Gasteiger partial charge in [0.2, 0.25) is 0 Å². The molecule has 2 aromatic rings. The Morgan fingerprint density at radius 2 is 1.56 bits per heavy atom. The minimum Gasteiger partial charge on any atom is -0.383 e. The lowest BCUT2D eigenvalue weighted by atomic mass is 9.96. The van der Waals surface area contributed by atoms with Gasteiger partial charge in [-0.2, -0.15) is 0 Å². The zero-order chi connectivity index (χ0) is 13.4. The van der Waals surface area contributed by atoms with Gasteiger partial charge < -0.3 is 5.11 Å². The molecule has 1 heterocycles. The highest BCUT2D eigenvalue weighted by Gasteiger charge is 2.18. The predicted molar refractivity (Wildman–Crippen MR) is 73.7 cm³/mol. The van der Waals surface area contributed by atoms with Crippen molar-refractivity contribution in [1.29, 1.82) is 0 Å². The van der Waals surface area contributed by atoms with Crippen molar-refractivity contribution in [2.45, 2.75) is 33.8 Å². The molecular weight excluding hydrogens is 247 g/mol. The largest absolute Gasteiger partial charge is 0.383 e. The first-order chi connectivity index (χ1) is 8.40. The topological polar surface area (TPSA) is 20.2 Å². The summed E-state index contributed by atoms with van der Waals surface area (Å²) in [5, 5.41) is 10.5. The van der Waals surface area contributed by atoms with Gasteiger partial charge in [0.1, 0.15) is 11.9 Å². The third-order valence-electron chi connectivity index (χ3n) is 3.29. The molecule has 1 unspecified atom stereocenters. The number of halogens is 1. The quantitative estimate of drug-likeness (QED) is 0.861. The molecule has 3 heteroatoms. The van der Waals surface area contributed by atoms with Gasteiger partial charge in [-0.05, 0) is 68.1 Å². The Morgan fingerprint density at radius 1 is 1.00 bits per heavy atom. The molecule has 1 atom stereocenters. The number of benzene rings is 1. The minimum absolute atomic E-state index is 0.250. The summed E-state index contributed by atoms with van der Waals surface area (Å²) in [6.07, 6.45) is -0.664. The van der Waals surface area contributed by atoms with E-state index in [2.05, 4.69) is 0 Å². The van der Waals surface area contributed by atoms with E-state index in [1.807, 2.05) is 33.8 Å². The van der Waals surface area contributed by atoms with Gasteiger partial charge in [0.25, 0.3) is 0 Å². The van der Waals surface area contributed by atoms with Crippen molar-refractivity contribution >= 4 is 11.3 Å². The SMILES string of the molecule is Cc1cc(C(O)c2c(C)cc(F)cc2C)sc1C. The van der Waals surface area contributed by atoms with Crippen molar-refractivity contribution in [3.63, 3.8) is 0 Å². The third-order valence-corrected chi connectivity index (χ3v) is 4.49. The van der Waals surface area contributed by atoms with Gasteiger partial charge in [-0.3, -0.25) is 0 Å². The first-order valence-corrected chi connectivity index (χ1v) is 6.73. The van der Waals surface area contributed by atoms with E-state index in [4.69, 9.17) is 0 Å². The van der Waals surface area contributed by atoms with E-state index >= 15 is 0 Å². The van der Waals surface area contributed by atoms with Crippen LogP contribution in [0, 0.1) is 33.5 Å². The number of aliphatic hydroxyl groups excluding tert-OH is 1. The van der Waals surface area contributed by atoms with Gasteiger partial charge >= 0.3 is 0 Å². The lowest BCUT2D eigenvalue weighted by molar-refractivity contribution is 0.222. The highest BCUT2D eigenvalue weighted by Crippen LogP contribution is 2.33. The molecule has 0 aliphatic rings. The maximum Gasteiger partial charge on any atom is 0.123 e. The van der Waals surface area contributed by atoms with E-state index in [0.29, 0.717) is 0 Å². The second-order valence-corrected chi connectivity index (χ2v) is 6.03. The summed E-state index contributed by atoms with van der Waals surface area (Å²) in [7, 11) is 0. The molecule has 0 bridgehead atoms. The molecule has 0 radical (unpaired) electrons. The van der Waals surface area contributed by atoms with Gasteiger partial charge in [-0.15, -0.1) is 11.3 Å². The zero-order valence-corrected chi connectivity index (χ0v) is 11.9. The molecule has 2 rings (SSSR count). The molecule has 0 spiro atoms. The molecule has 1 aromatic carbocycles. The summed E-state index contributed by atoms with van der Waals surface area (Å²) in [6, 6.07) is 4.95. The number of aryl methyl sites for hydroxylation is 4. The van der Waals surface area contributed by atoms with Crippen molar-refractivity contribution in [3.8, 4) is 0 Å². The van der Waals surface area contributed by atoms with Gasteiger partial charge in [-0.1, -0.05) is 0 Å². The van der Waals surface area contributed by atoms with Crippen molar-refractivity contribution in [1.82, 2.24) is 0 Å². The van der Waals surface area contributed by atoms with Crippen LogP contribution in [0.3, 0.4) is 0 Å². The highest BCUT2D eigenvalue weighted by atomic mass is 32.1. The fourth-order valence-corrected chi connectivity index (χ4v) is 3.27. The molecule has 0 aliphatic heterocycles. The minimum atomic E-state index is -0.664. The van der Waals surface area contributed by atoms with Crippen LogP contribution in [0.2, 0.25) is 0 Å². The second kappa shape index (κ2) is 4.82. The van der Waals surface area contributed by atoms with Crippen LogP contribution in [0.5, 0.6) is 0 Å². The van der Waals surface area contributed by atoms with Crippen LogP contribution in [-0.4, -0.2) is 5.11 Å². The second-order valence-electron chi connectivity index (χ2n) is 4.74. The zero-order valence-electron chi connectivity index (χ0n) is 11.0. The monoisotopic (exact) mass is 264 g/mol. The van der Waals surface area contributed by atoms with Crippen LogP contribution in [-0.2, 0) is 0 Å². The third kappa shape index (κ3) is 2.33. The van der Waals surface area contributed by atoms with Crippen LogP contribution in [0.25, 0.3) is 0 Å². The van der Waals surface area contributed by atoms with Crippen LogP contribution < -0.4 is 0 Å². The molecule has 1 nitrogen and oxygen atoms in total. The average molecular weight is 264 g/mol. The van der Waals surface area contributed by atoms with Gasteiger partial charge in [0.05, 0.1) is 0 Å². The standard InChI is InChI=1S/C15H17FOS/c1-8-7-13(18-11(8)4)15(17)14-9(2)5-12(16)6-10(14)3/h5-7,15,17H,1-4H3. The van der Waals surface area contributed by atoms with E-state index < -0.39 is 6.10 Å². The summed E-state index contributed by atoms with van der Waals surface area (Å²) < 4.78 is 13.3. The Morgan fingerprint density at radius 3 is 2.00 bits per heavy atom. The van der Waals surface area contributed by atoms with Crippen LogP contribution in [0.4, 0.5) is 4.39 Å². The van der Waals surface area contributed by atoms with Crippen LogP contribution >= 0.6 is 11.3 Å². The number of thiophene rings is 1. The van der Waals surface area contributed by atoms with E-state index in [1.54, 1.807) is 11.3 Å². The Bertz CT molecular complexity index is 544. The van der Waals surface area contributed by atoms with E-state index in [0.717, 1.165) is 21.6 Å². The molecule has 18 heavy (non-hydrogen) atoms. The van der Waals surface area contributed by atoms with Gasteiger partial charge in [-0.25, -0.2) is 4.39 Å². The molecule has 1 N–H and O–H groups in total. The van der Waals surface area contributed by atoms with Crippen molar-refractivity contribution in [3.05, 3.63) is 56.0 Å². The molecule has 0 aliphatic carbocycles. The molecule has 96 valence electrons. The van der Waals surface area contributed by atoms with Crippen molar-refractivity contribution in [2.75, 3.05) is 0 Å².